The van der Waals surface area contributed by atoms with Crippen LogP contribution in [0.5, 0.6) is 23.1 Å². The summed E-state index contributed by atoms with van der Waals surface area (Å²) in [5.41, 5.74) is 1.33. The Morgan fingerprint density at radius 1 is 1.00 bits per heavy atom. The second-order valence-corrected chi connectivity index (χ2v) is 5.86. The average Bonchev–Trinajstić information content (AvgIpc) is 2.71. The van der Waals surface area contributed by atoms with E-state index in [1.54, 1.807) is 44.6 Å². The first kappa shape index (κ1) is 19.2. The lowest BCUT2D eigenvalue weighted by atomic mass is 10.1. The number of aromatic nitrogens is 1. The van der Waals surface area contributed by atoms with Crippen molar-refractivity contribution >= 4 is 11.6 Å². The number of anilines is 1. The second-order valence-electron chi connectivity index (χ2n) is 5.86. The highest BCUT2D eigenvalue weighted by molar-refractivity contribution is 5.92. The molecule has 0 bridgehead atoms. The number of pyridine rings is 1. The maximum absolute atomic E-state index is 12.9. The van der Waals surface area contributed by atoms with Crippen LogP contribution in [0.2, 0.25) is 0 Å². The van der Waals surface area contributed by atoms with Gasteiger partial charge in [-0.05, 0) is 48.0 Å². The minimum Gasteiger partial charge on any atom is -0.493 e. The van der Waals surface area contributed by atoms with E-state index in [-0.39, 0.29) is 18.1 Å². The first-order valence-corrected chi connectivity index (χ1v) is 8.47. The summed E-state index contributed by atoms with van der Waals surface area (Å²) in [6, 6.07) is 14.2. The number of nitrogens with zero attached hydrogens (tertiary/aromatic N) is 1. The van der Waals surface area contributed by atoms with Crippen LogP contribution in [-0.2, 0) is 11.2 Å². The van der Waals surface area contributed by atoms with Gasteiger partial charge in [0.15, 0.2) is 11.5 Å². The highest BCUT2D eigenvalue weighted by Crippen LogP contribution is 2.28. The van der Waals surface area contributed by atoms with Crippen LogP contribution in [0, 0.1) is 5.82 Å². The van der Waals surface area contributed by atoms with Gasteiger partial charge in [0.1, 0.15) is 11.6 Å². The third kappa shape index (κ3) is 4.97. The van der Waals surface area contributed by atoms with Crippen molar-refractivity contribution in [1.82, 2.24) is 4.98 Å². The van der Waals surface area contributed by atoms with Crippen molar-refractivity contribution < 1.29 is 23.4 Å². The van der Waals surface area contributed by atoms with Crippen molar-refractivity contribution in [1.29, 1.82) is 0 Å². The van der Waals surface area contributed by atoms with Crippen molar-refractivity contribution in [3.8, 4) is 23.1 Å². The normalized spacial score (nSPS) is 10.2. The van der Waals surface area contributed by atoms with Crippen LogP contribution in [0.4, 0.5) is 10.1 Å². The van der Waals surface area contributed by atoms with Crippen LogP contribution in [0.15, 0.2) is 60.8 Å². The monoisotopic (exact) mass is 382 g/mol. The molecule has 0 aliphatic heterocycles. The molecule has 1 heterocycles. The molecule has 2 aromatic carbocycles. The molecule has 0 aliphatic rings. The van der Waals surface area contributed by atoms with Gasteiger partial charge in [-0.15, -0.1) is 0 Å². The molecule has 1 N–H and O–H groups in total. The number of carbonyl (C=O) groups is 1. The van der Waals surface area contributed by atoms with Gasteiger partial charge in [-0.2, -0.15) is 0 Å². The number of amides is 1. The summed E-state index contributed by atoms with van der Waals surface area (Å²) in [5.74, 6) is 1.45. The van der Waals surface area contributed by atoms with E-state index in [0.717, 1.165) is 5.56 Å². The maximum Gasteiger partial charge on any atom is 0.228 e. The Balaban J connectivity index is 1.59. The largest absolute Gasteiger partial charge is 0.493 e. The lowest BCUT2D eigenvalue weighted by molar-refractivity contribution is -0.115. The van der Waals surface area contributed by atoms with Gasteiger partial charge in [0, 0.05) is 6.07 Å². The molecule has 28 heavy (non-hydrogen) atoms. The molecule has 1 aromatic heterocycles. The second kappa shape index (κ2) is 8.85. The van der Waals surface area contributed by atoms with Gasteiger partial charge >= 0.3 is 0 Å². The molecule has 0 unspecified atom stereocenters. The van der Waals surface area contributed by atoms with E-state index in [4.69, 9.17) is 14.2 Å². The van der Waals surface area contributed by atoms with Gasteiger partial charge in [-0.25, -0.2) is 9.37 Å². The zero-order valence-electron chi connectivity index (χ0n) is 15.4. The third-order valence-electron chi connectivity index (χ3n) is 3.87. The van der Waals surface area contributed by atoms with E-state index in [9.17, 15) is 9.18 Å². The summed E-state index contributed by atoms with van der Waals surface area (Å²) in [5, 5.41) is 2.78. The number of halogens is 1. The molecule has 0 saturated heterocycles. The van der Waals surface area contributed by atoms with Crippen LogP contribution < -0.4 is 19.5 Å². The molecule has 0 atom stereocenters. The lowest BCUT2D eigenvalue weighted by Gasteiger charge is -2.10. The fourth-order valence-corrected chi connectivity index (χ4v) is 2.52. The van der Waals surface area contributed by atoms with Crippen molar-refractivity contribution in [2.45, 2.75) is 6.42 Å². The molecular formula is C21H19FN2O4. The highest BCUT2D eigenvalue weighted by Gasteiger charge is 2.09. The molecule has 0 spiro atoms. The molecule has 144 valence electrons. The zero-order valence-corrected chi connectivity index (χ0v) is 15.4. The van der Waals surface area contributed by atoms with Crippen molar-refractivity contribution in [3.63, 3.8) is 0 Å². The van der Waals surface area contributed by atoms with Crippen LogP contribution in [0.3, 0.4) is 0 Å². The van der Waals surface area contributed by atoms with Gasteiger partial charge in [0.2, 0.25) is 11.8 Å². The van der Waals surface area contributed by atoms with Gasteiger partial charge in [-0.1, -0.05) is 6.07 Å². The Bertz CT molecular complexity index is 944. The quantitative estimate of drug-likeness (QED) is 0.663. The number of nitrogens with one attached hydrogen (secondary N) is 1. The van der Waals surface area contributed by atoms with Gasteiger partial charge < -0.3 is 19.5 Å². The Morgan fingerprint density at radius 3 is 2.39 bits per heavy atom. The summed E-state index contributed by atoms with van der Waals surface area (Å²) in [7, 11) is 3.10. The van der Waals surface area contributed by atoms with Gasteiger partial charge in [0.05, 0.1) is 32.5 Å². The maximum atomic E-state index is 12.9. The number of carbonyl (C=O) groups excluding carboxylic acids is 1. The van der Waals surface area contributed by atoms with Gasteiger partial charge in [0.25, 0.3) is 0 Å². The Labute approximate surface area is 161 Å². The predicted octanol–water partition coefficient (Wildman–Crippen LogP) is 4.21. The average molecular weight is 382 g/mol. The minimum atomic E-state index is -0.340. The SMILES string of the molecule is COc1ccc(CC(=O)Nc2ccc(Oc3ccc(F)cc3)nc2)cc1OC. The molecule has 7 heteroatoms. The smallest absolute Gasteiger partial charge is 0.228 e. The molecule has 3 aromatic rings. The van der Waals surface area contributed by atoms with Crippen LogP contribution in [-0.4, -0.2) is 25.1 Å². The molecule has 0 fully saturated rings. The lowest BCUT2D eigenvalue weighted by Crippen LogP contribution is -2.14. The summed E-state index contributed by atoms with van der Waals surface area (Å²) < 4.78 is 28.9. The molecule has 3 rings (SSSR count). The fraction of sp³-hybridized carbons (Fsp3) is 0.143. The minimum absolute atomic E-state index is 0.175. The van der Waals surface area contributed by atoms with E-state index < -0.39 is 0 Å². The number of methoxy groups -OCH3 is 2. The molecular weight excluding hydrogens is 363 g/mol. The predicted molar refractivity (Wildman–Crippen MR) is 103 cm³/mol. The van der Waals surface area contributed by atoms with E-state index in [0.29, 0.717) is 28.8 Å². The Kier molecular flexibility index (Phi) is 6.06. The molecule has 0 saturated carbocycles. The summed E-state index contributed by atoms with van der Waals surface area (Å²) in [6.07, 6.45) is 1.67. The van der Waals surface area contributed by atoms with E-state index in [1.165, 1.54) is 30.5 Å². The van der Waals surface area contributed by atoms with Crippen LogP contribution >= 0.6 is 0 Å². The van der Waals surface area contributed by atoms with E-state index >= 15 is 0 Å². The standard InChI is InChI=1S/C21H19FN2O4/c1-26-18-9-3-14(11-19(18)27-2)12-20(25)24-16-6-10-21(23-13-16)28-17-7-4-15(22)5-8-17/h3-11,13H,12H2,1-2H3,(H,24,25). The van der Waals surface area contributed by atoms with Crippen molar-refractivity contribution in [2.24, 2.45) is 0 Å². The number of benzene rings is 2. The van der Waals surface area contributed by atoms with E-state index in [1.807, 2.05) is 0 Å². The Morgan fingerprint density at radius 2 is 1.75 bits per heavy atom. The molecule has 6 nitrogen and oxygen atoms in total. The van der Waals surface area contributed by atoms with Crippen LogP contribution in [0.25, 0.3) is 0 Å². The third-order valence-corrected chi connectivity index (χ3v) is 3.87. The van der Waals surface area contributed by atoms with Crippen molar-refractivity contribution in [2.75, 3.05) is 19.5 Å². The summed E-state index contributed by atoms with van der Waals surface area (Å²) in [6.45, 7) is 0. The van der Waals surface area contributed by atoms with Gasteiger partial charge in [-0.3, -0.25) is 4.79 Å². The molecule has 1 amide bonds. The number of hydrogen-bond acceptors (Lipinski definition) is 5. The first-order chi connectivity index (χ1) is 13.6. The fourth-order valence-electron chi connectivity index (χ4n) is 2.52. The molecule has 0 aliphatic carbocycles. The van der Waals surface area contributed by atoms with Crippen LogP contribution in [0.1, 0.15) is 5.56 Å². The van der Waals surface area contributed by atoms with E-state index in [2.05, 4.69) is 10.3 Å². The molecule has 0 radical (unpaired) electrons. The number of rotatable bonds is 7. The first-order valence-electron chi connectivity index (χ1n) is 8.47. The van der Waals surface area contributed by atoms with Crippen molar-refractivity contribution in [3.05, 3.63) is 72.2 Å². The highest BCUT2D eigenvalue weighted by atomic mass is 19.1. The number of hydrogen-bond donors (Lipinski definition) is 1. The topological polar surface area (TPSA) is 69.7 Å². The number of ether oxygens (including phenoxy) is 3. The Hall–Kier alpha value is -3.61. The summed E-state index contributed by atoms with van der Waals surface area (Å²) in [4.78, 5) is 16.4. The summed E-state index contributed by atoms with van der Waals surface area (Å²) >= 11 is 0. The zero-order chi connectivity index (χ0) is 19.9.